The monoisotopic (exact) mass is 455 g/mol. The number of nitrogens with zero attached hydrogens (tertiary/aromatic N) is 3. The van der Waals surface area contributed by atoms with E-state index in [0.717, 1.165) is 30.7 Å². The zero-order valence-corrected chi connectivity index (χ0v) is 17.6. The lowest BCUT2D eigenvalue weighted by Gasteiger charge is -2.35. The molecule has 6 heteroatoms. The van der Waals surface area contributed by atoms with Crippen LogP contribution in [0.3, 0.4) is 0 Å². The van der Waals surface area contributed by atoms with Crippen LogP contribution < -0.4 is 10.6 Å². The summed E-state index contributed by atoms with van der Waals surface area (Å²) in [7, 11) is 1.80. The molecule has 2 rings (SSSR count). The third kappa shape index (κ3) is 7.20. The second-order valence-corrected chi connectivity index (χ2v) is 6.26. The molecule has 1 aliphatic heterocycles. The van der Waals surface area contributed by atoms with Gasteiger partial charge in [0.05, 0.1) is 11.6 Å². The van der Waals surface area contributed by atoms with Crippen LogP contribution in [0, 0.1) is 11.3 Å². The highest BCUT2D eigenvalue weighted by Gasteiger charge is 2.19. The first-order chi connectivity index (χ1) is 11.8. The Morgan fingerprint density at radius 3 is 2.68 bits per heavy atom. The number of nitrogens with one attached hydrogen (secondary N) is 2. The van der Waals surface area contributed by atoms with Crippen molar-refractivity contribution in [2.24, 2.45) is 4.99 Å². The topological polar surface area (TPSA) is 63.4 Å². The van der Waals surface area contributed by atoms with E-state index < -0.39 is 0 Å². The van der Waals surface area contributed by atoms with Gasteiger partial charge in [-0.3, -0.25) is 9.89 Å². The fourth-order valence-corrected chi connectivity index (χ4v) is 3.24. The number of hydrogen-bond acceptors (Lipinski definition) is 3. The Labute approximate surface area is 168 Å². The summed E-state index contributed by atoms with van der Waals surface area (Å²) in [6.45, 7) is 6.18. The first-order valence-electron chi connectivity index (χ1n) is 8.94. The molecule has 2 N–H and O–H groups in total. The maximum atomic E-state index is 8.83. The highest BCUT2D eigenvalue weighted by molar-refractivity contribution is 14.0. The van der Waals surface area contributed by atoms with Gasteiger partial charge in [-0.2, -0.15) is 5.26 Å². The van der Waals surface area contributed by atoms with Crippen molar-refractivity contribution < 1.29 is 0 Å². The van der Waals surface area contributed by atoms with Gasteiger partial charge in [-0.15, -0.1) is 24.0 Å². The fraction of sp³-hybridized carbons (Fsp3) is 0.579. The standard InChI is InChI=1S/C19H29N5.HI/c1-3-18-6-4-5-12-24(18)13-11-22-19(21-2)23-15-17-9-7-16(14-20)8-10-17;/h7-10,18H,3-6,11-13,15H2,1-2H3,(H2,21,22,23);1H. The lowest BCUT2D eigenvalue weighted by atomic mass is 10.0. The summed E-state index contributed by atoms with van der Waals surface area (Å²) in [5, 5.41) is 15.5. The molecular formula is C19H30IN5. The highest BCUT2D eigenvalue weighted by atomic mass is 127. The number of likely N-dealkylation sites (tertiary alicyclic amines) is 1. The molecule has 0 radical (unpaired) electrons. The van der Waals surface area contributed by atoms with Gasteiger partial charge >= 0.3 is 0 Å². The second kappa shape index (κ2) is 12.1. The first kappa shape index (κ1) is 21.7. The molecule has 1 fully saturated rings. The number of benzene rings is 1. The summed E-state index contributed by atoms with van der Waals surface area (Å²) >= 11 is 0. The summed E-state index contributed by atoms with van der Waals surface area (Å²) in [5.41, 5.74) is 1.83. The first-order valence-corrected chi connectivity index (χ1v) is 8.94. The Balaban J connectivity index is 0.00000312. The molecule has 25 heavy (non-hydrogen) atoms. The van der Waals surface area contributed by atoms with E-state index in [2.05, 4.69) is 33.5 Å². The number of guanidine groups is 1. The predicted octanol–water partition coefficient (Wildman–Crippen LogP) is 3.11. The van der Waals surface area contributed by atoms with Crippen LogP contribution in [0.4, 0.5) is 0 Å². The molecule has 1 aromatic carbocycles. The minimum Gasteiger partial charge on any atom is -0.355 e. The van der Waals surface area contributed by atoms with Gasteiger partial charge in [-0.25, -0.2) is 0 Å². The predicted molar refractivity (Wildman–Crippen MR) is 114 cm³/mol. The van der Waals surface area contributed by atoms with Gasteiger partial charge in [-0.05, 0) is 43.5 Å². The third-order valence-electron chi connectivity index (χ3n) is 4.68. The molecule has 1 atom stereocenters. The normalized spacial score (nSPS) is 18.1. The van der Waals surface area contributed by atoms with E-state index in [-0.39, 0.29) is 24.0 Å². The summed E-state index contributed by atoms with van der Waals surface area (Å²) in [6.07, 6.45) is 5.27. The van der Waals surface area contributed by atoms with Gasteiger partial charge in [0.25, 0.3) is 0 Å². The lowest BCUT2D eigenvalue weighted by molar-refractivity contribution is 0.147. The van der Waals surface area contributed by atoms with E-state index in [0.29, 0.717) is 12.1 Å². The molecule has 1 heterocycles. The number of aliphatic imine (C=N–C) groups is 1. The Hall–Kier alpha value is -1.33. The Morgan fingerprint density at radius 2 is 2.04 bits per heavy atom. The van der Waals surface area contributed by atoms with Crippen molar-refractivity contribution in [2.75, 3.05) is 26.7 Å². The average Bonchev–Trinajstić information content (AvgIpc) is 2.65. The van der Waals surface area contributed by atoms with Crippen molar-refractivity contribution in [2.45, 2.75) is 45.2 Å². The van der Waals surface area contributed by atoms with E-state index in [1.165, 1.54) is 32.2 Å². The summed E-state index contributed by atoms with van der Waals surface area (Å²) in [4.78, 5) is 6.88. The number of rotatable bonds is 6. The Bertz CT molecular complexity index is 564. The maximum Gasteiger partial charge on any atom is 0.191 e. The van der Waals surface area contributed by atoms with Crippen LogP contribution in [-0.2, 0) is 6.54 Å². The SMILES string of the molecule is CCC1CCCCN1CCNC(=NC)NCc1ccc(C#N)cc1.I. The number of hydrogen-bond donors (Lipinski definition) is 2. The molecule has 0 bridgehead atoms. The van der Waals surface area contributed by atoms with Gasteiger partial charge in [0.1, 0.15) is 0 Å². The van der Waals surface area contributed by atoms with Crippen molar-refractivity contribution in [3.8, 4) is 6.07 Å². The number of piperidine rings is 1. The van der Waals surface area contributed by atoms with E-state index in [9.17, 15) is 0 Å². The van der Waals surface area contributed by atoms with Crippen molar-refractivity contribution in [3.63, 3.8) is 0 Å². The molecule has 1 unspecified atom stereocenters. The minimum absolute atomic E-state index is 0. The minimum atomic E-state index is 0. The van der Waals surface area contributed by atoms with Gasteiger partial charge in [0.2, 0.25) is 0 Å². The van der Waals surface area contributed by atoms with Gasteiger partial charge in [0.15, 0.2) is 5.96 Å². The molecule has 1 aromatic rings. The molecule has 0 spiro atoms. The third-order valence-corrected chi connectivity index (χ3v) is 4.68. The van der Waals surface area contributed by atoms with E-state index in [4.69, 9.17) is 5.26 Å². The zero-order chi connectivity index (χ0) is 17.2. The van der Waals surface area contributed by atoms with Crippen LogP contribution in [-0.4, -0.2) is 43.6 Å². The summed E-state index contributed by atoms with van der Waals surface area (Å²) in [5.74, 6) is 0.824. The molecule has 0 aromatic heterocycles. The molecular weight excluding hydrogens is 425 g/mol. The lowest BCUT2D eigenvalue weighted by Crippen LogP contribution is -2.45. The molecule has 0 aliphatic carbocycles. The largest absolute Gasteiger partial charge is 0.355 e. The van der Waals surface area contributed by atoms with Gasteiger partial charge in [0, 0.05) is 32.7 Å². The molecule has 0 amide bonds. The average molecular weight is 455 g/mol. The summed E-state index contributed by atoms with van der Waals surface area (Å²) in [6, 6.07) is 10.5. The highest BCUT2D eigenvalue weighted by Crippen LogP contribution is 2.18. The summed E-state index contributed by atoms with van der Waals surface area (Å²) < 4.78 is 0. The van der Waals surface area contributed by atoms with Gasteiger partial charge in [-0.1, -0.05) is 25.5 Å². The smallest absolute Gasteiger partial charge is 0.191 e. The fourth-order valence-electron chi connectivity index (χ4n) is 3.24. The quantitative estimate of drug-likeness (QED) is 0.393. The van der Waals surface area contributed by atoms with E-state index in [1.807, 2.05) is 24.3 Å². The zero-order valence-electron chi connectivity index (χ0n) is 15.3. The molecule has 5 nitrogen and oxygen atoms in total. The van der Waals surface area contributed by atoms with Crippen molar-refractivity contribution in [1.29, 1.82) is 5.26 Å². The van der Waals surface area contributed by atoms with Crippen LogP contribution in [0.1, 0.15) is 43.7 Å². The van der Waals surface area contributed by atoms with Gasteiger partial charge < -0.3 is 10.6 Å². The Morgan fingerprint density at radius 1 is 1.28 bits per heavy atom. The van der Waals surface area contributed by atoms with Crippen molar-refractivity contribution in [3.05, 3.63) is 35.4 Å². The van der Waals surface area contributed by atoms with Crippen molar-refractivity contribution in [1.82, 2.24) is 15.5 Å². The van der Waals surface area contributed by atoms with Crippen LogP contribution >= 0.6 is 24.0 Å². The molecule has 1 saturated heterocycles. The van der Waals surface area contributed by atoms with Crippen molar-refractivity contribution >= 4 is 29.9 Å². The van der Waals surface area contributed by atoms with E-state index >= 15 is 0 Å². The number of nitriles is 1. The maximum absolute atomic E-state index is 8.83. The molecule has 0 saturated carbocycles. The molecule has 1 aliphatic rings. The second-order valence-electron chi connectivity index (χ2n) is 6.26. The van der Waals surface area contributed by atoms with Crippen LogP contribution in [0.25, 0.3) is 0 Å². The van der Waals surface area contributed by atoms with Crippen LogP contribution in [0.5, 0.6) is 0 Å². The van der Waals surface area contributed by atoms with Crippen LogP contribution in [0.15, 0.2) is 29.3 Å². The number of halogens is 1. The van der Waals surface area contributed by atoms with E-state index in [1.54, 1.807) is 7.05 Å². The molecule has 138 valence electrons. The van der Waals surface area contributed by atoms with Crippen LogP contribution in [0.2, 0.25) is 0 Å². The Kier molecular flexibility index (Phi) is 10.5.